The summed E-state index contributed by atoms with van der Waals surface area (Å²) in [5.41, 5.74) is 4.72. The minimum Gasteiger partial charge on any atom is -0.318 e. The summed E-state index contributed by atoms with van der Waals surface area (Å²) in [6.45, 7) is 3.98. The number of nitrogens with zero attached hydrogens (tertiary/aromatic N) is 4. The van der Waals surface area contributed by atoms with Crippen LogP contribution in [-0.4, -0.2) is 30.7 Å². The van der Waals surface area contributed by atoms with E-state index in [9.17, 15) is 4.79 Å². The Hall–Kier alpha value is -2.61. The molecule has 0 aliphatic rings. The molecule has 5 nitrogen and oxygen atoms in total. The molecular weight excluding hydrogens is 436 g/mol. The molecule has 3 heterocycles. The fourth-order valence-electron chi connectivity index (χ4n) is 3.69. The Balaban J connectivity index is 1.42. The first-order valence-corrected chi connectivity index (χ1v) is 11.5. The first-order valence-electron chi connectivity index (χ1n) is 9.36. The number of aromatic nitrogens is 4. The minimum atomic E-state index is 0.0737. The summed E-state index contributed by atoms with van der Waals surface area (Å²) in [6.07, 6.45) is 0. The van der Waals surface area contributed by atoms with Crippen molar-refractivity contribution in [2.75, 3.05) is 5.75 Å². The van der Waals surface area contributed by atoms with Crippen LogP contribution >= 0.6 is 34.7 Å². The Morgan fingerprint density at radius 2 is 1.87 bits per heavy atom. The fraction of sp³-hybridized carbons (Fsp3) is 0.136. The number of carbonyl (C=O) groups excluding carboxylic acids is 1. The zero-order chi connectivity index (χ0) is 20.8. The largest absolute Gasteiger partial charge is 0.318 e. The molecule has 2 aromatic carbocycles. The normalized spacial score (nSPS) is 11.6. The second-order valence-corrected chi connectivity index (χ2v) is 9.37. The van der Waals surface area contributed by atoms with E-state index in [0.29, 0.717) is 10.8 Å². The number of thiazole rings is 1. The van der Waals surface area contributed by atoms with Crippen LogP contribution < -0.4 is 0 Å². The molecule has 0 spiro atoms. The second kappa shape index (κ2) is 7.58. The van der Waals surface area contributed by atoms with Gasteiger partial charge in [0.1, 0.15) is 0 Å². The van der Waals surface area contributed by atoms with Crippen molar-refractivity contribution < 1.29 is 4.79 Å². The van der Waals surface area contributed by atoms with Crippen molar-refractivity contribution in [1.82, 2.24) is 19.2 Å². The van der Waals surface area contributed by atoms with E-state index in [-0.39, 0.29) is 5.78 Å². The number of benzene rings is 2. The molecule has 0 aliphatic carbocycles. The molecule has 0 amide bonds. The van der Waals surface area contributed by atoms with Crippen molar-refractivity contribution in [3.05, 3.63) is 76.6 Å². The van der Waals surface area contributed by atoms with Gasteiger partial charge in [-0.15, -0.1) is 10.2 Å². The van der Waals surface area contributed by atoms with Crippen LogP contribution in [0, 0.1) is 13.8 Å². The lowest BCUT2D eigenvalue weighted by Gasteiger charge is -2.10. The number of hydrogen-bond acceptors (Lipinski definition) is 5. The Kier molecular flexibility index (Phi) is 4.89. The van der Waals surface area contributed by atoms with Crippen molar-refractivity contribution >= 4 is 55.7 Å². The Morgan fingerprint density at radius 1 is 1.10 bits per heavy atom. The molecule has 0 bridgehead atoms. The third kappa shape index (κ3) is 3.23. The SMILES string of the molecule is Cc1cc(C(=O)CSc2nnc3sc4ccccc4n23)c(C)n1-c1ccc(Cl)cc1. The predicted octanol–water partition coefficient (Wildman–Crippen LogP) is 5.98. The molecule has 0 radical (unpaired) electrons. The van der Waals surface area contributed by atoms with Gasteiger partial charge < -0.3 is 4.57 Å². The van der Waals surface area contributed by atoms with Gasteiger partial charge in [0.05, 0.1) is 16.0 Å². The Bertz CT molecular complexity index is 1400. The van der Waals surface area contributed by atoms with E-state index in [1.807, 2.05) is 66.8 Å². The molecule has 30 heavy (non-hydrogen) atoms. The Labute approximate surface area is 186 Å². The van der Waals surface area contributed by atoms with Gasteiger partial charge in [0, 0.05) is 27.7 Å². The number of halogens is 1. The number of aryl methyl sites for hydroxylation is 1. The number of hydrogen-bond donors (Lipinski definition) is 0. The quantitative estimate of drug-likeness (QED) is 0.243. The monoisotopic (exact) mass is 452 g/mol. The maximum Gasteiger partial charge on any atom is 0.217 e. The summed E-state index contributed by atoms with van der Waals surface area (Å²) < 4.78 is 5.26. The van der Waals surface area contributed by atoms with Crippen molar-refractivity contribution in [3.63, 3.8) is 0 Å². The zero-order valence-electron chi connectivity index (χ0n) is 16.3. The van der Waals surface area contributed by atoms with Crippen LogP contribution in [0.1, 0.15) is 21.7 Å². The summed E-state index contributed by atoms with van der Waals surface area (Å²) in [7, 11) is 0. The van der Waals surface area contributed by atoms with Gasteiger partial charge in [-0.05, 0) is 56.3 Å². The van der Waals surface area contributed by atoms with Crippen LogP contribution in [-0.2, 0) is 0 Å². The molecule has 0 unspecified atom stereocenters. The topological polar surface area (TPSA) is 52.2 Å². The van der Waals surface area contributed by atoms with E-state index in [1.54, 1.807) is 11.3 Å². The number of carbonyl (C=O) groups is 1. The lowest BCUT2D eigenvalue weighted by atomic mass is 10.2. The zero-order valence-corrected chi connectivity index (χ0v) is 18.7. The highest BCUT2D eigenvalue weighted by atomic mass is 35.5. The van der Waals surface area contributed by atoms with E-state index >= 15 is 0 Å². The first kappa shape index (κ1) is 19.4. The maximum absolute atomic E-state index is 13.0. The average Bonchev–Trinajstić information content (AvgIpc) is 3.39. The standard InChI is InChI=1S/C22H17ClN4OS2/c1-13-11-17(14(2)26(13)16-9-7-15(23)8-10-16)19(28)12-29-21-24-25-22-27(21)18-5-3-4-6-20(18)30-22/h3-11H,12H2,1-2H3. The lowest BCUT2D eigenvalue weighted by molar-refractivity contribution is 0.102. The summed E-state index contributed by atoms with van der Waals surface area (Å²) >= 11 is 9.03. The Morgan fingerprint density at radius 3 is 2.67 bits per heavy atom. The average molecular weight is 453 g/mol. The molecule has 5 aromatic rings. The van der Waals surface area contributed by atoms with Gasteiger partial charge in [-0.25, -0.2) is 0 Å². The van der Waals surface area contributed by atoms with Gasteiger partial charge in [0.15, 0.2) is 10.9 Å². The molecule has 5 rings (SSSR count). The highest BCUT2D eigenvalue weighted by molar-refractivity contribution is 7.99. The third-order valence-electron chi connectivity index (χ3n) is 5.06. The van der Waals surface area contributed by atoms with E-state index in [1.165, 1.54) is 11.8 Å². The predicted molar refractivity (Wildman–Crippen MR) is 124 cm³/mol. The number of fused-ring (bicyclic) bond motifs is 3. The number of ketones is 1. The van der Waals surface area contributed by atoms with Crippen LogP contribution in [0.25, 0.3) is 20.9 Å². The van der Waals surface area contributed by atoms with Gasteiger partial charge in [0.2, 0.25) is 4.96 Å². The van der Waals surface area contributed by atoms with E-state index in [4.69, 9.17) is 11.6 Å². The number of para-hydroxylation sites is 1. The molecule has 3 aromatic heterocycles. The smallest absolute Gasteiger partial charge is 0.217 e. The molecule has 150 valence electrons. The minimum absolute atomic E-state index is 0.0737. The maximum atomic E-state index is 13.0. The van der Waals surface area contributed by atoms with Crippen LogP contribution in [0.3, 0.4) is 0 Å². The highest BCUT2D eigenvalue weighted by Gasteiger charge is 2.19. The fourth-order valence-corrected chi connectivity index (χ4v) is 5.67. The third-order valence-corrected chi connectivity index (χ3v) is 7.25. The van der Waals surface area contributed by atoms with E-state index < -0.39 is 0 Å². The molecule has 0 saturated heterocycles. The van der Waals surface area contributed by atoms with Gasteiger partial charge in [-0.3, -0.25) is 9.20 Å². The lowest BCUT2D eigenvalue weighted by Crippen LogP contribution is -2.06. The van der Waals surface area contributed by atoms with E-state index in [0.717, 1.165) is 43.0 Å². The molecule has 0 atom stereocenters. The van der Waals surface area contributed by atoms with Gasteiger partial charge in [-0.1, -0.05) is 46.8 Å². The first-order chi connectivity index (χ1) is 14.5. The van der Waals surface area contributed by atoms with Crippen molar-refractivity contribution in [3.8, 4) is 5.69 Å². The van der Waals surface area contributed by atoms with Crippen molar-refractivity contribution in [1.29, 1.82) is 0 Å². The van der Waals surface area contributed by atoms with Gasteiger partial charge >= 0.3 is 0 Å². The molecule has 0 fully saturated rings. The molecule has 0 aliphatic heterocycles. The summed E-state index contributed by atoms with van der Waals surface area (Å²) in [6, 6.07) is 17.7. The molecule has 0 saturated carbocycles. The van der Waals surface area contributed by atoms with Crippen molar-refractivity contribution in [2.24, 2.45) is 0 Å². The second-order valence-electron chi connectivity index (χ2n) is 6.98. The van der Waals surface area contributed by atoms with Crippen molar-refractivity contribution in [2.45, 2.75) is 19.0 Å². The van der Waals surface area contributed by atoms with Gasteiger partial charge in [-0.2, -0.15) is 0 Å². The van der Waals surface area contributed by atoms with Gasteiger partial charge in [0.25, 0.3) is 0 Å². The molecular formula is C22H17ClN4OS2. The van der Waals surface area contributed by atoms with E-state index in [2.05, 4.69) is 20.8 Å². The summed E-state index contributed by atoms with van der Waals surface area (Å²) in [5.74, 6) is 0.375. The number of rotatable bonds is 5. The number of thioether (sulfide) groups is 1. The van der Waals surface area contributed by atoms with Crippen LogP contribution in [0.5, 0.6) is 0 Å². The summed E-state index contributed by atoms with van der Waals surface area (Å²) in [4.78, 5) is 13.9. The molecule has 0 N–H and O–H groups in total. The van der Waals surface area contributed by atoms with Crippen LogP contribution in [0.4, 0.5) is 0 Å². The molecule has 8 heteroatoms. The highest BCUT2D eigenvalue weighted by Crippen LogP contribution is 2.30. The number of Topliss-reactive ketones (excluding diaryl/α,β-unsaturated/α-hetero) is 1. The van der Waals surface area contributed by atoms with Crippen LogP contribution in [0.15, 0.2) is 59.8 Å². The summed E-state index contributed by atoms with van der Waals surface area (Å²) in [5, 5.41) is 9.99. The van der Waals surface area contributed by atoms with Crippen LogP contribution in [0.2, 0.25) is 5.02 Å².